The van der Waals surface area contributed by atoms with E-state index in [1.165, 1.54) is 38.5 Å². The third-order valence-corrected chi connectivity index (χ3v) is 6.04. The van der Waals surface area contributed by atoms with Gasteiger partial charge in [-0.15, -0.1) is 0 Å². The molecule has 4 rings (SSSR count). The third kappa shape index (κ3) is 8.63. The first kappa shape index (κ1) is 25.6. The molecule has 36 heavy (non-hydrogen) atoms. The van der Waals surface area contributed by atoms with Crippen LogP contribution in [0.1, 0.15) is 49.9 Å². The summed E-state index contributed by atoms with van der Waals surface area (Å²) in [6, 6.07) is 24.1. The van der Waals surface area contributed by atoms with Crippen molar-refractivity contribution in [3.05, 3.63) is 96.6 Å². The molecule has 0 spiro atoms. The molecule has 0 saturated carbocycles. The van der Waals surface area contributed by atoms with E-state index in [0.29, 0.717) is 0 Å². The van der Waals surface area contributed by atoms with Crippen LogP contribution >= 0.6 is 0 Å². The lowest BCUT2D eigenvalue weighted by Gasteiger charge is -2.07. The van der Waals surface area contributed by atoms with Gasteiger partial charge in [0, 0.05) is 25.5 Å². The van der Waals surface area contributed by atoms with Crippen molar-refractivity contribution in [2.75, 3.05) is 13.1 Å². The lowest BCUT2D eigenvalue weighted by Crippen LogP contribution is -2.16. The first-order valence-electron chi connectivity index (χ1n) is 13.0. The lowest BCUT2D eigenvalue weighted by atomic mass is 10.1. The van der Waals surface area contributed by atoms with Gasteiger partial charge in [-0.25, -0.2) is 9.97 Å². The van der Waals surface area contributed by atoms with Crippen molar-refractivity contribution in [3.8, 4) is 22.8 Å². The van der Waals surface area contributed by atoms with Crippen molar-refractivity contribution < 1.29 is 0 Å². The van der Waals surface area contributed by atoms with Crippen molar-refractivity contribution in [1.82, 2.24) is 30.6 Å². The van der Waals surface area contributed by atoms with E-state index in [1.807, 2.05) is 48.5 Å². The zero-order chi connectivity index (χ0) is 24.7. The first-order chi connectivity index (χ1) is 17.9. The molecule has 0 bridgehead atoms. The predicted molar refractivity (Wildman–Crippen MR) is 146 cm³/mol. The van der Waals surface area contributed by atoms with Gasteiger partial charge in [0.15, 0.2) is 0 Å². The minimum absolute atomic E-state index is 0.798. The minimum atomic E-state index is 0.798. The average Bonchev–Trinajstić information content (AvgIpc) is 2.95. The summed E-state index contributed by atoms with van der Waals surface area (Å²) in [5, 5.41) is 7.05. The van der Waals surface area contributed by atoms with Crippen molar-refractivity contribution in [3.63, 3.8) is 0 Å². The number of nitrogens with zero attached hydrogens (tertiary/aromatic N) is 4. The zero-order valence-electron chi connectivity index (χ0n) is 20.9. The summed E-state index contributed by atoms with van der Waals surface area (Å²) in [6.07, 6.45) is 11.1. The van der Waals surface area contributed by atoms with Crippen molar-refractivity contribution >= 4 is 0 Å². The van der Waals surface area contributed by atoms with Gasteiger partial charge in [-0.3, -0.25) is 9.97 Å². The number of rotatable bonds is 15. The van der Waals surface area contributed by atoms with Crippen molar-refractivity contribution in [2.45, 2.75) is 51.6 Å². The maximum absolute atomic E-state index is 4.73. The molecule has 0 aliphatic carbocycles. The molecule has 0 fully saturated rings. The fourth-order valence-corrected chi connectivity index (χ4v) is 4.11. The van der Waals surface area contributed by atoms with Crippen LogP contribution in [0.3, 0.4) is 0 Å². The van der Waals surface area contributed by atoms with Gasteiger partial charge in [-0.05, 0) is 74.5 Å². The molecular weight excluding hydrogens is 444 g/mol. The van der Waals surface area contributed by atoms with Crippen molar-refractivity contribution in [2.24, 2.45) is 0 Å². The van der Waals surface area contributed by atoms with Crippen LogP contribution in [-0.2, 0) is 13.1 Å². The third-order valence-electron chi connectivity index (χ3n) is 6.04. The molecule has 0 unspecified atom stereocenters. The molecule has 0 radical (unpaired) electrons. The van der Waals surface area contributed by atoms with E-state index in [9.17, 15) is 0 Å². The Kier molecular flexibility index (Phi) is 10.5. The van der Waals surface area contributed by atoms with Crippen LogP contribution in [0.4, 0.5) is 0 Å². The van der Waals surface area contributed by atoms with Gasteiger partial charge in [-0.1, -0.05) is 49.9 Å². The summed E-state index contributed by atoms with van der Waals surface area (Å²) >= 11 is 0. The maximum atomic E-state index is 4.73. The number of hydrogen-bond donors (Lipinski definition) is 2. The van der Waals surface area contributed by atoms with E-state index in [4.69, 9.17) is 9.97 Å². The van der Waals surface area contributed by atoms with E-state index < -0.39 is 0 Å². The highest BCUT2D eigenvalue weighted by molar-refractivity contribution is 5.54. The maximum Gasteiger partial charge on any atom is 0.0890 e. The molecule has 0 saturated heterocycles. The van der Waals surface area contributed by atoms with Crippen LogP contribution in [0.2, 0.25) is 0 Å². The summed E-state index contributed by atoms with van der Waals surface area (Å²) in [5.74, 6) is 0. The Bertz CT molecular complexity index is 1060. The van der Waals surface area contributed by atoms with Crippen LogP contribution in [0, 0.1) is 0 Å². The van der Waals surface area contributed by atoms with Crippen LogP contribution in [-0.4, -0.2) is 33.0 Å². The Balaban J connectivity index is 1.00. The minimum Gasteiger partial charge on any atom is -0.311 e. The number of hydrogen-bond acceptors (Lipinski definition) is 6. The van der Waals surface area contributed by atoms with Gasteiger partial charge in [-0.2, -0.15) is 0 Å². The van der Waals surface area contributed by atoms with Gasteiger partial charge in [0.1, 0.15) is 0 Å². The molecule has 4 heterocycles. The van der Waals surface area contributed by atoms with E-state index >= 15 is 0 Å². The average molecular weight is 481 g/mol. The molecule has 0 atom stereocenters. The van der Waals surface area contributed by atoms with Gasteiger partial charge in [0.2, 0.25) is 0 Å². The molecule has 6 heteroatoms. The van der Waals surface area contributed by atoms with Gasteiger partial charge >= 0.3 is 0 Å². The van der Waals surface area contributed by atoms with Crippen LogP contribution in [0.25, 0.3) is 22.8 Å². The van der Waals surface area contributed by atoms with Crippen LogP contribution < -0.4 is 10.6 Å². The quantitative estimate of drug-likeness (QED) is 0.209. The van der Waals surface area contributed by atoms with E-state index in [1.54, 1.807) is 12.4 Å². The number of unbranched alkanes of at least 4 members (excludes halogenated alkanes) is 5. The van der Waals surface area contributed by atoms with Crippen molar-refractivity contribution in [1.29, 1.82) is 0 Å². The Morgan fingerprint density at radius 3 is 1.33 bits per heavy atom. The number of pyridine rings is 4. The molecule has 2 N–H and O–H groups in total. The Labute approximate surface area is 214 Å². The SMILES string of the molecule is c1ccc(-c2cccc(CNCCCCCCCCNCc3cccc(-c4ccccn4)n3)n2)nc1. The molecule has 4 aromatic rings. The molecule has 4 aromatic heterocycles. The Hall–Kier alpha value is -3.48. The van der Waals surface area contributed by atoms with Gasteiger partial charge < -0.3 is 10.6 Å². The Morgan fingerprint density at radius 1 is 0.444 bits per heavy atom. The monoisotopic (exact) mass is 480 g/mol. The van der Waals surface area contributed by atoms with E-state index in [0.717, 1.165) is 60.3 Å². The predicted octanol–water partition coefficient (Wildman–Crippen LogP) is 5.82. The van der Waals surface area contributed by atoms with E-state index in [-0.39, 0.29) is 0 Å². The molecule has 0 amide bonds. The number of aromatic nitrogens is 4. The fraction of sp³-hybridized carbons (Fsp3) is 0.333. The standard InChI is InChI=1S/C30H36N6/c1(3-7-19-31-23-25-13-11-17-29(35-25)27-15-5-9-21-33-27)2-4-8-20-32-24-26-14-12-18-30(36-26)28-16-6-10-22-34-28/h5-6,9-18,21-22,31-32H,1-4,7-8,19-20,23-24H2. The lowest BCUT2D eigenvalue weighted by molar-refractivity contribution is 0.547. The fourth-order valence-electron chi connectivity index (χ4n) is 4.11. The second kappa shape index (κ2) is 14.8. The highest BCUT2D eigenvalue weighted by Gasteiger charge is 2.03. The summed E-state index contributed by atoms with van der Waals surface area (Å²) < 4.78 is 0. The Morgan fingerprint density at radius 2 is 0.889 bits per heavy atom. The second-order valence-corrected chi connectivity index (χ2v) is 8.93. The van der Waals surface area contributed by atoms with Gasteiger partial charge in [0.05, 0.1) is 34.2 Å². The van der Waals surface area contributed by atoms with Crippen LogP contribution in [0.5, 0.6) is 0 Å². The molecule has 0 aliphatic rings. The molecule has 186 valence electrons. The van der Waals surface area contributed by atoms with E-state index in [2.05, 4.69) is 44.9 Å². The van der Waals surface area contributed by atoms with Gasteiger partial charge in [0.25, 0.3) is 0 Å². The molecule has 6 nitrogen and oxygen atoms in total. The first-order valence-corrected chi connectivity index (χ1v) is 13.0. The number of nitrogens with one attached hydrogen (secondary N) is 2. The highest BCUT2D eigenvalue weighted by Crippen LogP contribution is 2.15. The largest absolute Gasteiger partial charge is 0.311 e. The normalized spacial score (nSPS) is 11.0. The highest BCUT2D eigenvalue weighted by atomic mass is 14.9. The zero-order valence-corrected chi connectivity index (χ0v) is 20.9. The second-order valence-electron chi connectivity index (χ2n) is 8.93. The summed E-state index contributed by atoms with van der Waals surface area (Å²) in [4.78, 5) is 18.2. The smallest absolute Gasteiger partial charge is 0.0890 e. The summed E-state index contributed by atoms with van der Waals surface area (Å²) in [5.41, 5.74) is 5.81. The topological polar surface area (TPSA) is 75.6 Å². The van der Waals surface area contributed by atoms with Crippen LogP contribution in [0.15, 0.2) is 85.2 Å². The molecule has 0 aliphatic heterocycles. The summed E-state index contributed by atoms with van der Waals surface area (Å²) in [6.45, 7) is 3.65. The molecule has 0 aromatic carbocycles. The summed E-state index contributed by atoms with van der Waals surface area (Å²) in [7, 11) is 0. The molecular formula is C30H36N6.